The lowest BCUT2D eigenvalue weighted by Gasteiger charge is -2.17. The van der Waals surface area contributed by atoms with Crippen LogP contribution in [0.3, 0.4) is 0 Å². The van der Waals surface area contributed by atoms with Crippen molar-refractivity contribution in [1.82, 2.24) is 5.32 Å². The number of benzene rings is 2. The second kappa shape index (κ2) is 8.56. The van der Waals surface area contributed by atoms with E-state index in [1.54, 1.807) is 23.1 Å². The highest BCUT2D eigenvalue weighted by Crippen LogP contribution is 2.28. The van der Waals surface area contributed by atoms with Gasteiger partial charge in [-0.1, -0.05) is 28.1 Å². The van der Waals surface area contributed by atoms with E-state index in [9.17, 15) is 14.4 Å². The average molecular weight is 444 g/mol. The fourth-order valence-electron chi connectivity index (χ4n) is 3.17. The number of amides is 3. The van der Waals surface area contributed by atoms with Crippen molar-refractivity contribution in [2.45, 2.75) is 20.3 Å². The Morgan fingerprint density at radius 2 is 2.00 bits per heavy atom. The van der Waals surface area contributed by atoms with Gasteiger partial charge in [-0.2, -0.15) is 0 Å². The van der Waals surface area contributed by atoms with Gasteiger partial charge in [0.1, 0.15) is 0 Å². The first-order valence-electron chi connectivity index (χ1n) is 9.14. The molecule has 0 radical (unpaired) electrons. The Morgan fingerprint density at radius 1 is 1.21 bits per heavy atom. The highest BCUT2D eigenvalue weighted by Gasteiger charge is 2.35. The van der Waals surface area contributed by atoms with E-state index >= 15 is 0 Å². The summed E-state index contributed by atoms with van der Waals surface area (Å²) in [5.41, 5.74) is 2.70. The van der Waals surface area contributed by atoms with Crippen LogP contribution < -0.4 is 15.5 Å². The largest absolute Gasteiger partial charge is 0.352 e. The number of nitrogens with one attached hydrogen (secondary N) is 2. The molecule has 3 amide bonds. The molecule has 0 bridgehead atoms. The maximum Gasteiger partial charge on any atom is 0.251 e. The van der Waals surface area contributed by atoms with Crippen molar-refractivity contribution in [1.29, 1.82) is 0 Å². The fourth-order valence-corrected chi connectivity index (χ4v) is 3.56. The number of anilines is 2. The Morgan fingerprint density at radius 3 is 2.71 bits per heavy atom. The smallest absolute Gasteiger partial charge is 0.251 e. The molecule has 1 unspecified atom stereocenters. The molecule has 3 rings (SSSR count). The first-order chi connectivity index (χ1) is 13.4. The fraction of sp³-hybridized carbons (Fsp3) is 0.286. The van der Waals surface area contributed by atoms with Crippen LogP contribution in [0.15, 0.2) is 46.9 Å². The topological polar surface area (TPSA) is 78.5 Å². The van der Waals surface area contributed by atoms with Gasteiger partial charge in [0, 0.05) is 40.9 Å². The number of rotatable bonds is 5. The molecule has 0 saturated carbocycles. The average Bonchev–Trinajstić information content (AvgIpc) is 3.05. The molecule has 1 fully saturated rings. The van der Waals surface area contributed by atoms with Gasteiger partial charge in [-0.25, -0.2) is 0 Å². The molecule has 1 saturated heterocycles. The summed E-state index contributed by atoms with van der Waals surface area (Å²) in [6, 6.07) is 12.6. The lowest BCUT2D eigenvalue weighted by atomic mass is 10.1. The first-order valence-corrected chi connectivity index (χ1v) is 9.94. The summed E-state index contributed by atoms with van der Waals surface area (Å²) < 4.78 is 0.878. The highest BCUT2D eigenvalue weighted by molar-refractivity contribution is 9.10. The van der Waals surface area contributed by atoms with Gasteiger partial charge < -0.3 is 15.5 Å². The Labute approximate surface area is 172 Å². The van der Waals surface area contributed by atoms with E-state index in [0.29, 0.717) is 24.3 Å². The SMILES string of the molecule is CCNC(=O)c1ccc(C)c(NC(=O)C2CC(=O)N(c3cccc(Br)c3)C2)c1. The summed E-state index contributed by atoms with van der Waals surface area (Å²) in [4.78, 5) is 38.9. The van der Waals surface area contributed by atoms with Gasteiger partial charge in [0.15, 0.2) is 0 Å². The van der Waals surface area contributed by atoms with E-state index in [4.69, 9.17) is 0 Å². The molecule has 0 aliphatic carbocycles. The van der Waals surface area contributed by atoms with Crippen molar-refractivity contribution < 1.29 is 14.4 Å². The molecule has 1 heterocycles. The standard InChI is InChI=1S/C21H22BrN3O3/c1-3-23-20(27)14-8-7-13(2)18(9-14)24-21(28)15-10-19(26)25(12-15)17-6-4-5-16(22)11-17/h4-9,11,15H,3,10,12H2,1-2H3,(H,23,27)(H,24,28). The maximum absolute atomic E-state index is 12.8. The van der Waals surface area contributed by atoms with Crippen LogP contribution >= 0.6 is 15.9 Å². The van der Waals surface area contributed by atoms with Crippen LogP contribution in [0.4, 0.5) is 11.4 Å². The summed E-state index contributed by atoms with van der Waals surface area (Å²) in [5.74, 6) is -0.929. The maximum atomic E-state index is 12.8. The van der Waals surface area contributed by atoms with Crippen LogP contribution in [-0.2, 0) is 9.59 Å². The third kappa shape index (κ3) is 4.42. The minimum Gasteiger partial charge on any atom is -0.352 e. The normalized spacial score (nSPS) is 16.2. The Bertz CT molecular complexity index is 929. The van der Waals surface area contributed by atoms with E-state index in [2.05, 4.69) is 26.6 Å². The van der Waals surface area contributed by atoms with Crippen LogP contribution in [0.5, 0.6) is 0 Å². The minimum absolute atomic E-state index is 0.0777. The Kier molecular flexibility index (Phi) is 6.14. The zero-order chi connectivity index (χ0) is 20.3. The third-order valence-electron chi connectivity index (χ3n) is 4.71. The molecule has 1 aliphatic heterocycles. The first kappa shape index (κ1) is 20.1. The molecule has 7 heteroatoms. The van der Waals surface area contributed by atoms with Crippen LogP contribution in [0.25, 0.3) is 0 Å². The number of carbonyl (C=O) groups is 3. The van der Waals surface area contributed by atoms with Crippen LogP contribution in [0.2, 0.25) is 0 Å². The van der Waals surface area contributed by atoms with Crippen molar-refractivity contribution in [2.75, 3.05) is 23.3 Å². The molecule has 28 heavy (non-hydrogen) atoms. The lowest BCUT2D eigenvalue weighted by molar-refractivity contribution is -0.122. The van der Waals surface area contributed by atoms with Crippen molar-refractivity contribution in [3.8, 4) is 0 Å². The second-order valence-electron chi connectivity index (χ2n) is 6.76. The Balaban J connectivity index is 1.72. The van der Waals surface area contributed by atoms with Crippen molar-refractivity contribution in [3.63, 3.8) is 0 Å². The van der Waals surface area contributed by atoms with Gasteiger partial charge in [0.2, 0.25) is 11.8 Å². The number of nitrogens with zero attached hydrogens (tertiary/aromatic N) is 1. The van der Waals surface area contributed by atoms with Crippen molar-refractivity contribution >= 4 is 45.0 Å². The van der Waals surface area contributed by atoms with Gasteiger partial charge in [-0.15, -0.1) is 0 Å². The Hall–Kier alpha value is -2.67. The molecule has 0 aromatic heterocycles. The summed E-state index contributed by atoms with van der Waals surface area (Å²) >= 11 is 3.40. The van der Waals surface area contributed by atoms with Gasteiger partial charge >= 0.3 is 0 Å². The molecule has 2 N–H and O–H groups in total. The predicted molar refractivity (Wildman–Crippen MR) is 112 cm³/mol. The molecule has 1 aliphatic rings. The van der Waals surface area contributed by atoms with Gasteiger partial charge in [0.05, 0.1) is 5.92 Å². The zero-order valence-corrected chi connectivity index (χ0v) is 17.4. The molecule has 1 atom stereocenters. The summed E-state index contributed by atoms with van der Waals surface area (Å²) in [6.07, 6.45) is 0.160. The second-order valence-corrected chi connectivity index (χ2v) is 7.68. The van der Waals surface area contributed by atoms with E-state index in [0.717, 1.165) is 15.7 Å². The predicted octanol–water partition coefficient (Wildman–Crippen LogP) is 3.50. The van der Waals surface area contributed by atoms with Crippen molar-refractivity contribution in [3.05, 3.63) is 58.1 Å². The molecule has 0 spiro atoms. The number of halogens is 1. The van der Waals surface area contributed by atoms with Crippen molar-refractivity contribution in [2.24, 2.45) is 5.92 Å². The number of carbonyl (C=O) groups excluding carboxylic acids is 3. The summed E-state index contributed by atoms with van der Waals surface area (Å²) in [7, 11) is 0. The zero-order valence-electron chi connectivity index (χ0n) is 15.8. The van der Waals surface area contributed by atoms with Crippen LogP contribution in [0, 0.1) is 12.8 Å². The van der Waals surface area contributed by atoms with E-state index in [1.807, 2.05) is 38.1 Å². The minimum atomic E-state index is -0.445. The molecular weight excluding hydrogens is 422 g/mol. The quantitative estimate of drug-likeness (QED) is 0.741. The van der Waals surface area contributed by atoms with E-state index in [-0.39, 0.29) is 24.1 Å². The lowest BCUT2D eigenvalue weighted by Crippen LogP contribution is -2.28. The molecule has 146 valence electrons. The summed E-state index contributed by atoms with van der Waals surface area (Å²) in [5, 5.41) is 5.63. The van der Waals surface area contributed by atoms with Gasteiger partial charge in [0.25, 0.3) is 5.91 Å². The van der Waals surface area contributed by atoms with Gasteiger partial charge in [-0.05, 0) is 49.7 Å². The molecule has 2 aromatic carbocycles. The highest BCUT2D eigenvalue weighted by atomic mass is 79.9. The van der Waals surface area contributed by atoms with E-state index < -0.39 is 5.92 Å². The monoisotopic (exact) mass is 443 g/mol. The third-order valence-corrected chi connectivity index (χ3v) is 5.20. The van der Waals surface area contributed by atoms with Crippen LogP contribution in [0.1, 0.15) is 29.3 Å². The number of aryl methyl sites for hydroxylation is 1. The van der Waals surface area contributed by atoms with Gasteiger partial charge in [-0.3, -0.25) is 14.4 Å². The number of hydrogen-bond acceptors (Lipinski definition) is 3. The molecular formula is C21H22BrN3O3. The number of hydrogen-bond donors (Lipinski definition) is 2. The molecule has 6 nitrogen and oxygen atoms in total. The van der Waals surface area contributed by atoms with E-state index in [1.165, 1.54) is 0 Å². The molecule has 2 aromatic rings. The van der Waals surface area contributed by atoms with Crippen LogP contribution in [-0.4, -0.2) is 30.8 Å². The summed E-state index contributed by atoms with van der Waals surface area (Å²) in [6.45, 7) is 4.58.